The van der Waals surface area contributed by atoms with Gasteiger partial charge in [-0.1, -0.05) is 18.2 Å². The van der Waals surface area contributed by atoms with Gasteiger partial charge in [-0.05, 0) is 48.0 Å². The second-order valence-corrected chi connectivity index (χ2v) is 8.06. The summed E-state index contributed by atoms with van der Waals surface area (Å²) in [7, 11) is 3.82. The third kappa shape index (κ3) is 4.48. The second kappa shape index (κ2) is 8.80. The van der Waals surface area contributed by atoms with Gasteiger partial charge in [-0.3, -0.25) is 4.98 Å². The molecule has 3 aromatic rings. The summed E-state index contributed by atoms with van der Waals surface area (Å²) < 4.78 is 10.8. The molecule has 1 aliphatic rings. The average molecular weight is 432 g/mol. The number of esters is 2. The Kier molecular flexibility index (Phi) is 5.92. The minimum absolute atomic E-state index is 0.127. The molecule has 0 bridgehead atoms. The topological polar surface area (TPSA) is 89.0 Å². The summed E-state index contributed by atoms with van der Waals surface area (Å²) in [6, 6.07) is 16.6. The van der Waals surface area contributed by atoms with Gasteiger partial charge < -0.3 is 19.5 Å². The molecule has 4 rings (SSSR count). The van der Waals surface area contributed by atoms with Crippen LogP contribution in [0.5, 0.6) is 0 Å². The number of ether oxygens (including phenoxy) is 2. The van der Waals surface area contributed by atoms with Gasteiger partial charge in [-0.15, -0.1) is 0 Å². The van der Waals surface area contributed by atoms with E-state index in [0.29, 0.717) is 11.1 Å². The lowest BCUT2D eigenvalue weighted by molar-refractivity contribution is -0.154. The van der Waals surface area contributed by atoms with Gasteiger partial charge in [0.15, 0.2) is 5.60 Å². The largest absolute Gasteiger partial charge is 0.458 e. The number of rotatable bonds is 6. The Balaban J connectivity index is 1.46. The van der Waals surface area contributed by atoms with Crippen molar-refractivity contribution in [3.63, 3.8) is 0 Å². The van der Waals surface area contributed by atoms with Gasteiger partial charge in [0.25, 0.3) is 0 Å². The number of fused-ring (bicyclic) bond motifs is 1. The quantitative estimate of drug-likeness (QED) is 0.473. The highest BCUT2D eigenvalue weighted by Gasteiger charge is 2.44. The number of carbonyl (C=O) groups is 2. The first-order valence-corrected chi connectivity index (χ1v) is 10.2. The normalized spacial score (nSPS) is 19.2. The number of nitrogens with zero attached hydrogens (tertiary/aromatic N) is 2. The van der Waals surface area contributed by atoms with Crippen molar-refractivity contribution in [3.05, 3.63) is 77.5 Å². The van der Waals surface area contributed by atoms with Gasteiger partial charge in [-0.25, -0.2) is 9.59 Å². The smallest absolute Gasteiger partial charge is 0.338 e. The zero-order chi connectivity index (χ0) is 22.7. The number of hydrogen-bond acceptors (Lipinski definition) is 7. The molecule has 0 saturated carbocycles. The molecule has 1 N–H and O–H groups in total. The van der Waals surface area contributed by atoms with Gasteiger partial charge in [0.2, 0.25) is 0 Å². The van der Waals surface area contributed by atoms with Crippen LogP contribution in [0.25, 0.3) is 17.0 Å². The van der Waals surface area contributed by atoms with Crippen molar-refractivity contribution < 1.29 is 24.2 Å². The van der Waals surface area contributed by atoms with Gasteiger partial charge >= 0.3 is 11.9 Å². The van der Waals surface area contributed by atoms with Crippen molar-refractivity contribution in [3.8, 4) is 0 Å². The number of aliphatic hydroxyl groups is 1. The Labute approximate surface area is 185 Å². The van der Waals surface area contributed by atoms with E-state index in [9.17, 15) is 14.7 Å². The lowest BCUT2D eigenvalue weighted by Crippen LogP contribution is -2.39. The Morgan fingerprint density at radius 1 is 1.22 bits per heavy atom. The molecule has 1 aromatic heterocycles. The molecule has 0 aliphatic carbocycles. The predicted molar refractivity (Wildman–Crippen MR) is 121 cm³/mol. The van der Waals surface area contributed by atoms with Crippen molar-refractivity contribution in [1.82, 2.24) is 4.98 Å². The maximum absolute atomic E-state index is 12.5. The third-order valence-electron chi connectivity index (χ3n) is 5.41. The zero-order valence-corrected chi connectivity index (χ0v) is 17.9. The monoisotopic (exact) mass is 432 g/mol. The van der Waals surface area contributed by atoms with Crippen molar-refractivity contribution in [2.75, 3.05) is 32.2 Å². The minimum Gasteiger partial charge on any atom is -0.458 e. The highest BCUT2D eigenvalue weighted by Crippen LogP contribution is 2.33. The van der Waals surface area contributed by atoms with Crippen LogP contribution in [-0.2, 0) is 14.3 Å². The predicted octanol–water partition coefficient (Wildman–Crippen LogP) is 3.22. The lowest BCUT2D eigenvalue weighted by Gasteiger charge is -2.24. The zero-order valence-electron chi connectivity index (χ0n) is 17.9. The fourth-order valence-electron chi connectivity index (χ4n) is 3.59. The van der Waals surface area contributed by atoms with E-state index in [0.717, 1.165) is 22.2 Å². The first-order valence-electron chi connectivity index (χ1n) is 10.2. The van der Waals surface area contributed by atoms with Crippen LogP contribution in [0.15, 0.2) is 66.4 Å². The number of aromatic nitrogens is 1. The van der Waals surface area contributed by atoms with Crippen molar-refractivity contribution in [1.29, 1.82) is 0 Å². The number of benzene rings is 2. The van der Waals surface area contributed by atoms with E-state index in [2.05, 4.69) is 4.98 Å². The van der Waals surface area contributed by atoms with E-state index in [1.54, 1.807) is 24.4 Å². The van der Waals surface area contributed by atoms with Crippen LogP contribution >= 0.6 is 0 Å². The van der Waals surface area contributed by atoms with Crippen LogP contribution in [0.4, 0.5) is 5.69 Å². The van der Waals surface area contributed by atoms with Crippen LogP contribution < -0.4 is 4.90 Å². The van der Waals surface area contributed by atoms with Crippen molar-refractivity contribution in [2.24, 2.45) is 0 Å². The SMILES string of the molecule is CN(C)c1ccc(C(=O)OCC2(CO)C/C(=C\c3cnc4ccccc4c3)C(=O)O2)cc1. The number of para-hydroxylation sites is 1. The number of anilines is 1. The third-order valence-corrected chi connectivity index (χ3v) is 5.41. The average Bonchev–Trinajstić information content (AvgIpc) is 3.13. The van der Waals surface area contributed by atoms with Gasteiger partial charge in [0, 0.05) is 43.4 Å². The summed E-state index contributed by atoms with van der Waals surface area (Å²) in [5.41, 5.74) is 2.04. The lowest BCUT2D eigenvalue weighted by atomic mass is 9.98. The molecule has 32 heavy (non-hydrogen) atoms. The van der Waals surface area contributed by atoms with E-state index >= 15 is 0 Å². The van der Waals surface area contributed by atoms with E-state index < -0.39 is 24.1 Å². The number of hydrogen-bond donors (Lipinski definition) is 1. The van der Waals surface area contributed by atoms with E-state index in [1.165, 1.54) is 0 Å². The van der Waals surface area contributed by atoms with Gasteiger partial charge in [0.1, 0.15) is 6.61 Å². The second-order valence-electron chi connectivity index (χ2n) is 8.06. The molecule has 0 amide bonds. The molecule has 1 unspecified atom stereocenters. The van der Waals surface area contributed by atoms with Crippen LogP contribution in [0.2, 0.25) is 0 Å². The first-order chi connectivity index (χ1) is 15.4. The van der Waals surface area contributed by atoms with Crippen LogP contribution in [0.3, 0.4) is 0 Å². The Hall–Kier alpha value is -3.71. The molecule has 1 aliphatic heterocycles. The molecular weight excluding hydrogens is 408 g/mol. The molecule has 0 radical (unpaired) electrons. The molecule has 7 heteroatoms. The molecule has 1 saturated heterocycles. The molecule has 2 heterocycles. The molecule has 164 valence electrons. The summed E-state index contributed by atoms with van der Waals surface area (Å²) >= 11 is 0. The summed E-state index contributed by atoms with van der Waals surface area (Å²) in [6.45, 7) is -0.699. The molecule has 1 atom stereocenters. The molecular formula is C25H24N2O5. The molecule has 0 spiro atoms. The summed E-state index contributed by atoms with van der Waals surface area (Å²) in [6.07, 6.45) is 3.50. The minimum atomic E-state index is -1.30. The number of cyclic esters (lactones) is 1. The fraction of sp³-hybridized carbons (Fsp3) is 0.240. The number of pyridine rings is 1. The summed E-state index contributed by atoms with van der Waals surface area (Å²) in [5.74, 6) is -1.09. The number of aliphatic hydroxyl groups excluding tert-OH is 1. The molecule has 7 nitrogen and oxygen atoms in total. The summed E-state index contributed by atoms with van der Waals surface area (Å²) in [5, 5.41) is 10.9. The fourth-order valence-corrected chi connectivity index (χ4v) is 3.59. The Morgan fingerprint density at radius 3 is 2.69 bits per heavy atom. The highest BCUT2D eigenvalue weighted by atomic mass is 16.6. The standard InChI is InChI=1S/C25H24N2O5/c1-27(2)21-9-7-18(8-10-21)23(29)31-16-25(15-28)13-20(24(30)32-25)12-17-11-19-5-3-4-6-22(19)26-14-17/h3-12,14,28H,13,15-16H2,1-2H3/b20-12+. The van der Waals surface area contributed by atoms with E-state index in [-0.39, 0.29) is 13.0 Å². The van der Waals surface area contributed by atoms with E-state index in [1.807, 2.05) is 61.5 Å². The highest BCUT2D eigenvalue weighted by molar-refractivity contribution is 5.97. The summed E-state index contributed by atoms with van der Waals surface area (Å²) in [4.78, 5) is 31.2. The van der Waals surface area contributed by atoms with Crippen molar-refractivity contribution in [2.45, 2.75) is 12.0 Å². The van der Waals surface area contributed by atoms with Gasteiger partial charge in [0.05, 0.1) is 17.7 Å². The first kappa shape index (κ1) is 21.5. The van der Waals surface area contributed by atoms with E-state index in [4.69, 9.17) is 9.47 Å². The maximum Gasteiger partial charge on any atom is 0.338 e. The molecule has 2 aromatic carbocycles. The maximum atomic E-state index is 12.5. The van der Waals surface area contributed by atoms with Gasteiger partial charge in [-0.2, -0.15) is 0 Å². The Bertz CT molecular complexity index is 1190. The molecule has 1 fully saturated rings. The van der Waals surface area contributed by atoms with Crippen LogP contribution in [0.1, 0.15) is 22.3 Å². The number of carbonyl (C=O) groups excluding carboxylic acids is 2. The van der Waals surface area contributed by atoms with Crippen LogP contribution in [-0.4, -0.2) is 54.9 Å². The van der Waals surface area contributed by atoms with Crippen molar-refractivity contribution >= 4 is 34.6 Å². The van der Waals surface area contributed by atoms with Crippen LogP contribution in [0, 0.1) is 0 Å². The Morgan fingerprint density at radius 2 is 1.97 bits per heavy atom.